The Bertz CT molecular complexity index is 545. The first-order valence-corrected chi connectivity index (χ1v) is 6.63. The average molecular weight is 329 g/mol. The van der Waals surface area contributed by atoms with Gasteiger partial charge in [-0.05, 0) is 47.5 Å². The first-order valence-electron chi connectivity index (χ1n) is 5.84. The van der Waals surface area contributed by atoms with Crippen LogP contribution in [0.5, 0.6) is 0 Å². The predicted octanol–water partition coefficient (Wildman–Crippen LogP) is 1.83. The Balaban J connectivity index is 2.19. The van der Waals surface area contributed by atoms with Gasteiger partial charge in [0.2, 0.25) is 11.8 Å². The van der Waals surface area contributed by atoms with E-state index in [1.54, 1.807) is 26.0 Å². The molecule has 6 heteroatoms. The summed E-state index contributed by atoms with van der Waals surface area (Å²) in [5, 5.41) is 2.64. The number of halogens is 2. The second-order valence-corrected chi connectivity index (χ2v) is 5.94. The molecule has 1 heterocycles. The Morgan fingerprint density at radius 2 is 2.11 bits per heavy atom. The van der Waals surface area contributed by atoms with Crippen molar-refractivity contribution >= 4 is 27.7 Å². The van der Waals surface area contributed by atoms with Crippen LogP contribution in [0.15, 0.2) is 22.7 Å². The third-order valence-electron chi connectivity index (χ3n) is 2.97. The van der Waals surface area contributed by atoms with Gasteiger partial charge in [0.25, 0.3) is 0 Å². The average Bonchev–Trinajstić information content (AvgIpc) is 2.30. The molecule has 0 saturated carbocycles. The van der Waals surface area contributed by atoms with Gasteiger partial charge in [-0.2, -0.15) is 0 Å². The fraction of sp³-hybridized carbons (Fsp3) is 0.385. The van der Waals surface area contributed by atoms with Crippen molar-refractivity contribution in [3.05, 3.63) is 34.1 Å². The van der Waals surface area contributed by atoms with Crippen molar-refractivity contribution in [2.45, 2.75) is 25.9 Å². The van der Waals surface area contributed by atoms with Gasteiger partial charge in [-0.25, -0.2) is 4.39 Å². The van der Waals surface area contributed by atoms with Gasteiger partial charge in [0, 0.05) is 6.54 Å². The van der Waals surface area contributed by atoms with Gasteiger partial charge in [0.1, 0.15) is 11.4 Å². The molecule has 1 aliphatic rings. The van der Waals surface area contributed by atoms with Crippen molar-refractivity contribution in [3.8, 4) is 0 Å². The van der Waals surface area contributed by atoms with Gasteiger partial charge in [0.15, 0.2) is 0 Å². The van der Waals surface area contributed by atoms with Gasteiger partial charge in [-0.15, -0.1) is 0 Å². The van der Waals surface area contributed by atoms with Crippen LogP contribution in [0.3, 0.4) is 0 Å². The lowest BCUT2D eigenvalue weighted by atomic mass is 10.00. The van der Waals surface area contributed by atoms with Crippen LogP contribution in [-0.4, -0.2) is 28.8 Å². The lowest BCUT2D eigenvalue weighted by Crippen LogP contribution is -2.63. The summed E-state index contributed by atoms with van der Waals surface area (Å²) in [6.07, 6.45) is 0. The SMILES string of the molecule is CC1(C)NC(=O)CN(Cc2ccc(F)c(Br)c2)C1=O. The summed E-state index contributed by atoms with van der Waals surface area (Å²) in [5.41, 5.74) is -0.126. The van der Waals surface area contributed by atoms with E-state index in [-0.39, 0.29) is 30.7 Å². The van der Waals surface area contributed by atoms with E-state index in [4.69, 9.17) is 0 Å². The molecular weight excluding hydrogens is 315 g/mol. The van der Waals surface area contributed by atoms with Gasteiger partial charge >= 0.3 is 0 Å². The second kappa shape index (κ2) is 4.92. The summed E-state index contributed by atoms with van der Waals surface area (Å²) in [4.78, 5) is 25.2. The van der Waals surface area contributed by atoms with Crippen molar-refractivity contribution in [3.63, 3.8) is 0 Å². The lowest BCUT2D eigenvalue weighted by molar-refractivity contribution is -0.148. The van der Waals surface area contributed by atoms with E-state index in [0.717, 1.165) is 5.56 Å². The number of nitrogens with one attached hydrogen (secondary N) is 1. The van der Waals surface area contributed by atoms with E-state index in [1.165, 1.54) is 11.0 Å². The van der Waals surface area contributed by atoms with Crippen LogP contribution < -0.4 is 5.32 Å². The Hall–Kier alpha value is -1.43. The summed E-state index contributed by atoms with van der Waals surface area (Å²) in [7, 11) is 0. The van der Waals surface area contributed by atoms with Crippen molar-refractivity contribution in [1.29, 1.82) is 0 Å². The van der Waals surface area contributed by atoms with Crippen molar-refractivity contribution in [1.82, 2.24) is 10.2 Å². The number of nitrogens with zero attached hydrogens (tertiary/aromatic N) is 1. The first kappa shape index (κ1) is 14.0. The maximum atomic E-state index is 13.1. The summed E-state index contributed by atoms with van der Waals surface area (Å²) in [5.74, 6) is -0.690. The molecule has 0 atom stereocenters. The van der Waals surface area contributed by atoms with E-state index < -0.39 is 5.54 Å². The van der Waals surface area contributed by atoms with Gasteiger partial charge < -0.3 is 10.2 Å². The zero-order valence-corrected chi connectivity index (χ0v) is 12.3. The van der Waals surface area contributed by atoms with Crippen LogP contribution in [-0.2, 0) is 16.1 Å². The van der Waals surface area contributed by atoms with E-state index in [2.05, 4.69) is 21.2 Å². The minimum Gasteiger partial charge on any atom is -0.341 e. The molecule has 1 aliphatic heterocycles. The molecule has 1 aromatic rings. The van der Waals surface area contributed by atoms with Crippen molar-refractivity contribution in [2.24, 2.45) is 0 Å². The van der Waals surface area contributed by atoms with Crippen molar-refractivity contribution < 1.29 is 14.0 Å². The number of hydrogen-bond donors (Lipinski definition) is 1. The first-order chi connectivity index (χ1) is 8.79. The molecule has 0 unspecified atom stereocenters. The maximum Gasteiger partial charge on any atom is 0.248 e. The molecule has 4 nitrogen and oxygen atoms in total. The fourth-order valence-corrected chi connectivity index (χ4v) is 2.49. The monoisotopic (exact) mass is 328 g/mol. The Kier molecular flexibility index (Phi) is 3.62. The smallest absolute Gasteiger partial charge is 0.248 e. The molecule has 0 spiro atoms. The molecule has 1 N–H and O–H groups in total. The molecule has 2 rings (SSSR count). The minimum absolute atomic E-state index is 0.0251. The highest BCUT2D eigenvalue weighted by Crippen LogP contribution is 2.20. The van der Waals surface area contributed by atoms with E-state index in [0.29, 0.717) is 4.47 Å². The van der Waals surface area contributed by atoms with Crippen LogP contribution in [0, 0.1) is 5.82 Å². The zero-order valence-electron chi connectivity index (χ0n) is 10.7. The molecule has 0 bridgehead atoms. The maximum absolute atomic E-state index is 13.1. The third-order valence-corrected chi connectivity index (χ3v) is 3.57. The zero-order chi connectivity index (χ0) is 14.2. The van der Waals surface area contributed by atoms with E-state index in [9.17, 15) is 14.0 Å². The van der Waals surface area contributed by atoms with Crippen LogP contribution in [0.2, 0.25) is 0 Å². The normalized spacial score (nSPS) is 18.4. The predicted molar refractivity (Wildman–Crippen MR) is 71.7 cm³/mol. The summed E-state index contributed by atoms with van der Waals surface area (Å²) in [6.45, 7) is 3.64. The fourth-order valence-electron chi connectivity index (χ4n) is 2.07. The van der Waals surface area contributed by atoms with Crippen molar-refractivity contribution in [2.75, 3.05) is 6.54 Å². The third kappa shape index (κ3) is 2.94. The molecule has 102 valence electrons. The quantitative estimate of drug-likeness (QED) is 0.900. The molecule has 2 amide bonds. The molecular formula is C13H14BrFN2O2. The van der Waals surface area contributed by atoms with Gasteiger partial charge in [-0.1, -0.05) is 6.07 Å². The number of amides is 2. The molecule has 1 saturated heterocycles. The Morgan fingerprint density at radius 1 is 1.42 bits per heavy atom. The minimum atomic E-state index is -0.896. The highest BCUT2D eigenvalue weighted by Gasteiger charge is 2.38. The van der Waals surface area contributed by atoms with Gasteiger partial charge in [-0.3, -0.25) is 9.59 Å². The molecule has 0 radical (unpaired) electrons. The molecule has 1 fully saturated rings. The number of carbonyl (C=O) groups is 2. The lowest BCUT2D eigenvalue weighted by Gasteiger charge is -2.37. The van der Waals surface area contributed by atoms with E-state index in [1.807, 2.05) is 0 Å². The second-order valence-electron chi connectivity index (χ2n) is 5.08. The number of carbonyl (C=O) groups excluding carboxylic acids is 2. The standard InChI is InChI=1S/C13H14BrFN2O2/c1-13(2)12(19)17(7-11(18)16-13)6-8-3-4-10(15)9(14)5-8/h3-5H,6-7H2,1-2H3,(H,16,18). The van der Waals surface area contributed by atoms with Crippen LogP contribution >= 0.6 is 15.9 Å². The topological polar surface area (TPSA) is 49.4 Å². The van der Waals surface area contributed by atoms with Crippen LogP contribution in [0.4, 0.5) is 4.39 Å². The Morgan fingerprint density at radius 3 is 2.74 bits per heavy atom. The number of hydrogen-bond acceptors (Lipinski definition) is 2. The van der Waals surface area contributed by atoms with Crippen LogP contribution in [0.1, 0.15) is 19.4 Å². The Labute approximate surface area is 119 Å². The molecule has 19 heavy (non-hydrogen) atoms. The molecule has 0 aromatic heterocycles. The van der Waals surface area contributed by atoms with Gasteiger partial charge in [0.05, 0.1) is 11.0 Å². The highest BCUT2D eigenvalue weighted by atomic mass is 79.9. The number of rotatable bonds is 2. The van der Waals surface area contributed by atoms with E-state index >= 15 is 0 Å². The summed E-state index contributed by atoms with van der Waals surface area (Å²) in [6, 6.07) is 4.55. The largest absolute Gasteiger partial charge is 0.341 e. The summed E-state index contributed by atoms with van der Waals surface area (Å²) >= 11 is 3.10. The number of benzene rings is 1. The number of piperazine rings is 1. The highest BCUT2D eigenvalue weighted by molar-refractivity contribution is 9.10. The molecule has 1 aromatic carbocycles. The molecule has 0 aliphatic carbocycles. The summed E-state index contributed by atoms with van der Waals surface area (Å²) < 4.78 is 13.5. The van der Waals surface area contributed by atoms with Crippen LogP contribution in [0.25, 0.3) is 0 Å².